The number of nitrogens with one attached hydrogen (secondary N) is 1. The zero-order valence-corrected chi connectivity index (χ0v) is 12.3. The molecule has 19 heavy (non-hydrogen) atoms. The molecule has 1 N–H and O–H groups in total. The summed E-state index contributed by atoms with van der Waals surface area (Å²) in [6.07, 6.45) is 6.40. The number of ether oxygens (including phenoxy) is 1. The van der Waals surface area contributed by atoms with Gasteiger partial charge in [0.05, 0.1) is 6.10 Å². The maximum Gasteiger partial charge on any atom is 0.0593 e. The van der Waals surface area contributed by atoms with E-state index in [4.69, 9.17) is 4.74 Å². The van der Waals surface area contributed by atoms with E-state index < -0.39 is 0 Å². The van der Waals surface area contributed by atoms with Crippen molar-refractivity contribution in [2.45, 2.75) is 58.1 Å². The maximum absolute atomic E-state index is 5.88. The van der Waals surface area contributed by atoms with E-state index in [0.29, 0.717) is 12.1 Å². The van der Waals surface area contributed by atoms with Crippen LogP contribution in [0.2, 0.25) is 0 Å². The lowest BCUT2D eigenvalue weighted by Gasteiger charge is -2.27. The Bertz CT molecular complexity index is 354. The minimum atomic E-state index is 0.430. The van der Waals surface area contributed by atoms with E-state index in [1.807, 2.05) is 0 Å². The number of rotatable bonds is 6. The lowest BCUT2D eigenvalue weighted by Crippen LogP contribution is -2.28. The Morgan fingerprint density at radius 2 is 2.00 bits per heavy atom. The molecule has 0 bridgehead atoms. The molecular formula is C17H27NO. The maximum atomic E-state index is 5.88. The normalized spacial score (nSPS) is 21.3. The van der Waals surface area contributed by atoms with E-state index in [2.05, 4.69) is 43.4 Å². The van der Waals surface area contributed by atoms with Gasteiger partial charge in [-0.05, 0) is 49.8 Å². The first-order valence-electron chi connectivity index (χ1n) is 7.77. The van der Waals surface area contributed by atoms with E-state index in [0.717, 1.165) is 26.0 Å². The quantitative estimate of drug-likeness (QED) is 0.839. The molecule has 2 nitrogen and oxygen atoms in total. The molecule has 1 heterocycles. The number of aryl methyl sites for hydroxylation is 1. The summed E-state index contributed by atoms with van der Waals surface area (Å²) < 4.78 is 5.88. The summed E-state index contributed by atoms with van der Waals surface area (Å²) in [5.41, 5.74) is 2.81. The largest absolute Gasteiger partial charge is 0.378 e. The summed E-state index contributed by atoms with van der Waals surface area (Å²) in [6.45, 7) is 6.33. The van der Waals surface area contributed by atoms with Crippen molar-refractivity contribution in [3.8, 4) is 0 Å². The molecule has 2 unspecified atom stereocenters. The van der Waals surface area contributed by atoms with Gasteiger partial charge >= 0.3 is 0 Å². The molecule has 1 fully saturated rings. The van der Waals surface area contributed by atoms with E-state index >= 15 is 0 Å². The third-order valence-corrected chi connectivity index (χ3v) is 4.01. The molecule has 0 radical (unpaired) electrons. The summed E-state index contributed by atoms with van der Waals surface area (Å²) >= 11 is 0. The molecule has 2 rings (SSSR count). The van der Waals surface area contributed by atoms with Gasteiger partial charge in [0, 0.05) is 12.6 Å². The number of hydrogen-bond donors (Lipinski definition) is 1. The highest BCUT2D eigenvalue weighted by atomic mass is 16.5. The fourth-order valence-corrected chi connectivity index (χ4v) is 2.83. The molecule has 1 aliphatic heterocycles. The van der Waals surface area contributed by atoms with Gasteiger partial charge in [-0.25, -0.2) is 0 Å². The first-order valence-corrected chi connectivity index (χ1v) is 7.77. The zero-order valence-electron chi connectivity index (χ0n) is 12.3. The molecule has 1 aromatic carbocycles. The van der Waals surface area contributed by atoms with E-state index in [9.17, 15) is 0 Å². The monoisotopic (exact) mass is 261 g/mol. The summed E-state index contributed by atoms with van der Waals surface area (Å²) in [5.74, 6) is 0. The first-order chi connectivity index (χ1) is 9.33. The van der Waals surface area contributed by atoms with Crippen LogP contribution in [0.15, 0.2) is 24.3 Å². The third-order valence-electron chi connectivity index (χ3n) is 4.01. The average Bonchev–Trinajstić information content (AvgIpc) is 2.48. The van der Waals surface area contributed by atoms with Crippen molar-refractivity contribution in [1.29, 1.82) is 0 Å². The number of benzene rings is 1. The molecule has 0 saturated carbocycles. The molecule has 1 saturated heterocycles. The lowest BCUT2D eigenvalue weighted by atomic mass is 9.95. The van der Waals surface area contributed by atoms with Crippen LogP contribution in [0, 0.1) is 0 Å². The van der Waals surface area contributed by atoms with Crippen LogP contribution >= 0.6 is 0 Å². The molecule has 2 heteroatoms. The smallest absolute Gasteiger partial charge is 0.0593 e. The Hall–Kier alpha value is -0.860. The fourth-order valence-electron chi connectivity index (χ4n) is 2.83. The summed E-state index contributed by atoms with van der Waals surface area (Å²) in [7, 11) is 0. The summed E-state index contributed by atoms with van der Waals surface area (Å²) in [5, 5.41) is 3.60. The van der Waals surface area contributed by atoms with Crippen molar-refractivity contribution >= 4 is 0 Å². The highest BCUT2D eigenvalue weighted by Crippen LogP contribution is 2.25. The lowest BCUT2D eigenvalue weighted by molar-refractivity contribution is 0.00514. The Balaban J connectivity index is 2.00. The van der Waals surface area contributed by atoms with Gasteiger partial charge < -0.3 is 10.1 Å². The van der Waals surface area contributed by atoms with Crippen molar-refractivity contribution in [3.63, 3.8) is 0 Å². The summed E-state index contributed by atoms with van der Waals surface area (Å²) in [6, 6.07) is 9.48. The van der Waals surface area contributed by atoms with Gasteiger partial charge in [0.1, 0.15) is 0 Å². The predicted molar refractivity (Wildman–Crippen MR) is 80.4 cm³/mol. The third kappa shape index (κ3) is 4.32. The zero-order chi connectivity index (χ0) is 13.5. The van der Waals surface area contributed by atoms with E-state index in [1.165, 1.54) is 30.4 Å². The van der Waals surface area contributed by atoms with Gasteiger partial charge in [0.15, 0.2) is 0 Å². The molecule has 1 aromatic rings. The second-order valence-electron chi connectivity index (χ2n) is 5.43. The van der Waals surface area contributed by atoms with Crippen LogP contribution in [0.25, 0.3) is 0 Å². The van der Waals surface area contributed by atoms with Crippen LogP contribution in [0.1, 0.15) is 56.7 Å². The van der Waals surface area contributed by atoms with Crippen molar-refractivity contribution < 1.29 is 4.74 Å². The van der Waals surface area contributed by atoms with Gasteiger partial charge in [-0.3, -0.25) is 0 Å². The predicted octanol–water partition coefficient (Wildman–Crippen LogP) is 3.86. The SMILES string of the molecule is CCNC(CC1CCCCO1)c1ccc(CC)cc1. The molecule has 106 valence electrons. The van der Waals surface area contributed by atoms with Gasteiger partial charge in [0.2, 0.25) is 0 Å². The van der Waals surface area contributed by atoms with Crippen molar-refractivity contribution in [2.24, 2.45) is 0 Å². The van der Waals surface area contributed by atoms with Gasteiger partial charge in [-0.1, -0.05) is 38.1 Å². The highest BCUT2D eigenvalue weighted by molar-refractivity contribution is 5.25. The molecule has 0 aromatic heterocycles. The van der Waals surface area contributed by atoms with Crippen LogP contribution in [0.4, 0.5) is 0 Å². The van der Waals surface area contributed by atoms with Crippen molar-refractivity contribution in [3.05, 3.63) is 35.4 Å². The molecule has 0 aliphatic carbocycles. The topological polar surface area (TPSA) is 21.3 Å². The van der Waals surface area contributed by atoms with E-state index in [-0.39, 0.29) is 0 Å². The molecule has 0 spiro atoms. The average molecular weight is 261 g/mol. The van der Waals surface area contributed by atoms with Gasteiger partial charge in [0.25, 0.3) is 0 Å². The first kappa shape index (κ1) is 14.5. The summed E-state index contributed by atoms with van der Waals surface area (Å²) in [4.78, 5) is 0. The van der Waals surface area contributed by atoms with Gasteiger partial charge in [-0.2, -0.15) is 0 Å². The van der Waals surface area contributed by atoms with Crippen molar-refractivity contribution in [2.75, 3.05) is 13.2 Å². The van der Waals surface area contributed by atoms with E-state index in [1.54, 1.807) is 0 Å². The van der Waals surface area contributed by atoms with Crippen LogP contribution in [-0.2, 0) is 11.2 Å². The second kappa shape index (κ2) is 7.66. The van der Waals surface area contributed by atoms with Crippen LogP contribution in [0.5, 0.6) is 0 Å². The number of hydrogen-bond acceptors (Lipinski definition) is 2. The Morgan fingerprint density at radius 1 is 1.21 bits per heavy atom. The molecule has 2 atom stereocenters. The van der Waals surface area contributed by atoms with Crippen molar-refractivity contribution in [1.82, 2.24) is 5.32 Å². The van der Waals surface area contributed by atoms with Crippen LogP contribution in [-0.4, -0.2) is 19.3 Å². The Kier molecular flexibility index (Phi) is 5.87. The molecule has 1 aliphatic rings. The van der Waals surface area contributed by atoms with Crippen LogP contribution in [0.3, 0.4) is 0 Å². The van der Waals surface area contributed by atoms with Crippen LogP contribution < -0.4 is 5.32 Å². The Labute approximate surface area is 117 Å². The molecule has 0 amide bonds. The highest BCUT2D eigenvalue weighted by Gasteiger charge is 2.20. The second-order valence-corrected chi connectivity index (χ2v) is 5.43. The van der Waals surface area contributed by atoms with Gasteiger partial charge in [-0.15, -0.1) is 0 Å². The minimum Gasteiger partial charge on any atom is -0.378 e. The minimum absolute atomic E-state index is 0.430. The molecular weight excluding hydrogens is 234 g/mol. The fraction of sp³-hybridized carbons (Fsp3) is 0.647. The standard InChI is InChI=1S/C17H27NO/c1-3-14-8-10-15(11-9-14)17(18-4-2)13-16-7-5-6-12-19-16/h8-11,16-18H,3-7,12-13H2,1-2H3. The Morgan fingerprint density at radius 3 is 2.58 bits per heavy atom.